The molecule has 1 N–H and O–H groups in total. The Bertz CT molecular complexity index is 858. The van der Waals surface area contributed by atoms with Crippen molar-refractivity contribution in [2.75, 3.05) is 12.4 Å². The van der Waals surface area contributed by atoms with E-state index >= 15 is 0 Å². The predicted molar refractivity (Wildman–Crippen MR) is 87.4 cm³/mol. The van der Waals surface area contributed by atoms with Crippen LogP contribution in [0.4, 0.5) is 5.69 Å². The number of hydrogen-bond donors (Lipinski definition) is 1. The van der Waals surface area contributed by atoms with Crippen molar-refractivity contribution in [3.8, 4) is 5.75 Å². The number of carbonyl (C=O) groups is 1. The third-order valence-electron chi connectivity index (χ3n) is 3.18. The van der Waals surface area contributed by atoms with Crippen molar-refractivity contribution in [1.29, 1.82) is 0 Å². The van der Waals surface area contributed by atoms with Crippen LogP contribution in [0.25, 0.3) is 11.1 Å². The minimum absolute atomic E-state index is 0.232. The van der Waals surface area contributed by atoms with Crippen LogP contribution in [0.3, 0.4) is 0 Å². The molecule has 0 aliphatic rings. The molecule has 0 unspecified atom stereocenters. The SMILES string of the molecule is COc1ccc(C(=O)Nc2cccc3nc(C)oc23)cc1Br. The summed E-state index contributed by atoms with van der Waals surface area (Å²) in [6.07, 6.45) is 0. The first-order chi connectivity index (χ1) is 10.6. The van der Waals surface area contributed by atoms with Gasteiger partial charge in [-0.3, -0.25) is 4.79 Å². The topological polar surface area (TPSA) is 64.4 Å². The first-order valence-electron chi connectivity index (χ1n) is 6.59. The molecule has 1 amide bonds. The van der Waals surface area contributed by atoms with E-state index in [9.17, 15) is 4.79 Å². The predicted octanol–water partition coefficient (Wildman–Crippen LogP) is 4.16. The van der Waals surface area contributed by atoms with Crippen molar-refractivity contribution in [3.05, 3.63) is 52.3 Å². The van der Waals surface area contributed by atoms with Gasteiger partial charge in [-0.05, 0) is 46.3 Å². The maximum Gasteiger partial charge on any atom is 0.255 e. The number of aryl methyl sites for hydroxylation is 1. The lowest BCUT2D eigenvalue weighted by molar-refractivity contribution is 0.102. The van der Waals surface area contributed by atoms with Gasteiger partial charge in [0.05, 0.1) is 17.3 Å². The van der Waals surface area contributed by atoms with E-state index in [0.717, 1.165) is 4.47 Å². The van der Waals surface area contributed by atoms with Crippen LogP contribution in [0.1, 0.15) is 16.2 Å². The van der Waals surface area contributed by atoms with Gasteiger partial charge in [0, 0.05) is 12.5 Å². The highest BCUT2D eigenvalue weighted by Crippen LogP contribution is 2.27. The number of carbonyl (C=O) groups excluding carboxylic acids is 1. The number of aromatic nitrogens is 1. The van der Waals surface area contributed by atoms with E-state index in [1.54, 1.807) is 38.3 Å². The van der Waals surface area contributed by atoms with E-state index in [2.05, 4.69) is 26.2 Å². The Hall–Kier alpha value is -2.34. The Kier molecular flexibility index (Phi) is 3.85. The molecule has 0 atom stereocenters. The molecule has 0 saturated heterocycles. The molecule has 0 fully saturated rings. The number of anilines is 1. The van der Waals surface area contributed by atoms with Crippen molar-refractivity contribution < 1.29 is 13.9 Å². The van der Waals surface area contributed by atoms with Crippen LogP contribution < -0.4 is 10.1 Å². The van der Waals surface area contributed by atoms with Gasteiger partial charge in [-0.1, -0.05) is 6.07 Å². The molecule has 2 aromatic carbocycles. The fourth-order valence-electron chi connectivity index (χ4n) is 2.16. The highest BCUT2D eigenvalue weighted by Gasteiger charge is 2.13. The molecule has 3 rings (SSSR count). The summed E-state index contributed by atoms with van der Waals surface area (Å²) in [4.78, 5) is 16.6. The number of nitrogens with zero attached hydrogens (tertiary/aromatic N) is 1. The summed E-state index contributed by atoms with van der Waals surface area (Å²) in [6, 6.07) is 10.6. The molecule has 0 aliphatic heterocycles. The van der Waals surface area contributed by atoms with Crippen molar-refractivity contribution in [2.45, 2.75) is 6.92 Å². The molecule has 0 spiro atoms. The van der Waals surface area contributed by atoms with E-state index in [0.29, 0.717) is 34.0 Å². The van der Waals surface area contributed by atoms with Crippen molar-refractivity contribution in [2.24, 2.45) is 0 Å². The zero-order valence-electron chi connectivity index (χ0n) is 12.0. The minimum Gasteiger partial charge on any atom is -0.496 e. The average molecular weight is 361 g/mol. The van der Waals surface area contributed by atoms with Crippen LogP contribution in [0.5, 0.6) is 5.75 Å². The summed E-state index contributed by atoms with van der Waals surface area (Å²) in [7, 11) is 1.58. The standard InChI is InChI=1S/C16H13BrN2O3/c1-9-18-12-4-3-5-13(15(12)22-9)19-16(20)10-6-7-14(21-2)11(17)8-10/h3-8H,1-2H3,(H,19,20). The van der Waals surface area contributed by atoms with E-state index in [4.69, 9.17) is 9.15 Å². The highest BCUT2D eigenvalue weighted by atomic mass is 79.9. The van der Waals surface area contributed by atoms with E-state index in [1.807, 2.05) is 12.1 Å². The van der Waals surface area contributed by atoms with E-state index in [-0.39, 0.29) is 5.91 Å². The maximum absolute atomic E-state index is 12.4. The Balaban J connectivity index is 1.91. The van der Waals surface area contributed by atoms with E-state index in [1.165, 1.54) is 0 Å². The van der Waals surface area contributed by atoms with Crippen molar-refractivity contribution >= 4 is 38.6 Å². The molecule has 5 nitrogen and oxygen atoms in total. The number of amides is 1. The first kappa shape index (κ1) is 14.6. The van der Waals surface area contributed by atoms with Gasteiger partial charge in [-0.15, -0.1) is 0 Å². The molecule has 22 heavy (non-hydrogen) atoms. The number of rotatable bonds is 3. The third kappa shape index (κ3) is 2.69. The fraction of sp³-hybridized carbons (Fsp3) is 0.125. The van der Waals surface area contributed by atoms with Crippen LogP contribution in [0.15, 0.2) is 45.3 Å². The molecule has 0 bridgehead atoms. The van der Waals surface area contributed by atoms with E-state index < -0.39 is 0 Å². The quantitative estimate of drug-likeness (QED) is 0.761. The number of para-hydroxylation sites is 1. The molecule has 112 valence electrons. The van der Waals surface area contributed by atoms with Crippen LogP contribution in [-0.4, -0.2) is 18.0 Å². The molecule has 1 heterocycles. The number of methoxy groups -OCH3 is 1. The van der Waals surface area contributed by atoms with Crippen molar-refractivity contribution in [1.82, 2.24) is 4.98 Å². The van der Waals surface area contributed by atoms with Gasteiger partial charge >= 0.3 is 0 Å². The molecule has 0 radical (unpaired) electrons. The Labute approximate surface area is 135 Å². The van der Waals surface area contributed by atoms with Gasteiger partial charge in [0.2, 0.25) is 0 Å². The summed E-state index contributed by atoms with van der Waals surface area (Å²) in [5.41, 5.74) is 2.39. The molecule has 6 heteroatoms. The second kappa shape index (κ2) is 5.81. The second-order valence-corrected chi connectivity index (χ2v) is 5.54. The molecular weight excluding hydrogens is 348 g/mol. The van der Waals surface area contributed by atoms with Crippen LogP contribution >= 0.6 is 15.9 Å². The summed E-state index contributed by atoms with van der Waals surface area (Å²) in [5.74, 6) is 0.998. The van der Waals surface area contributed by atoms with Gasteiger partial charge in [0.1, 0.15) is 11.3 Å². The first-order valence-corrected chi connectivity index (χ1v) is 7.39. The number of oxazole rings is 1. The van der Waals surface area contributed by atoms with Gasteiger partial charge in [0.15, 0.2) is 11.5 Å². The molecule has 3 aromatic rings. The Morgan fingerprint density at radius 3 is 2.86 bits per heavy atom. The van der Waals surface area contributed by atoms with Gasteiger partial charge in [-0.25, -0.2) is 4.98 Å². The fourth-order valence-corrected chi connectivity index (χ4v) is 2.70. The summed E-state index contributed by atoms with van der Waals surface area (Å²) in [5, 5.41) is 2.84. The number of hydrogen-bond acceptors (Lipinski definition) is 4. The lowest BCUT2D eigenvalue weighted by Crippen LogP contribution is -2.12. The molecular formula is C16H13BrN2O3. The Morgan fingerprint density at radius 2 is 2.14 bits per heavy atom. The average Bonchev–Trinajstić information content (AvgIpc) is 2.88. The number of fused-ring (bicyclic) bond motifs is 1. The third-order valence-corrected chi connectivity index (χ3v) is 3.80. The summed E-state index contributed by atoms with van der Waals surface area (Å²) >= 11 is 3.37. The summed E-state index contributed by atoms with van der Waals surface area (Å²) in [6.45, 7) is 1.77. The Morgan fingerprint density at radius 1 is 1.32 bits per heavy atom. The molecule has 0 aliphatic carbocycles. The van der Waals surface area contributed by atoms with Crippen LogP contribution in [-0.2, 0) is 0 Å². The minimum atomic E-state index is -0.232. The maximum atomic E-state index is 12.4. The lowest BCUT2D eigenvalue weighted by Gasteiger charge is -2.08. The number of ether oxygens (including phenoxy) is 1. The molecule has 0 saturated carbocycles. The van der Waals surface area contributed by atoms with Crippen LogP contribution in [0, 0.1) is 6.92 Å². The smallest absolute Gasteiger partial charge is 0.255 e. The number of nitrogens with one attached hydrogen (secondary N) is 1. The monoisotopic (exact) mass is 360 g/mol. The highest BCUT2D eigenvalue weighted by molar-refractivity contribution is 9.10. The zero-order valence-corrected chi connectivity index (χ0v) is 13.6. The van der Waals surface area contributed by atoms with Gasteiger partial charge in [0.25, 0.3) is 5.91 Å². The normalized spacial score (nSPS) is 10.7. The lowest BCUT2D eigenvalue weighted by atomic mass is 10.2. The largest absolute Gasteiger partial charge is 0.496 e. The van der Waals surface area contributed by atoms with Gasteiger partial charge < -0.3 is 14.5 Å². The van der Waals surface area contributed by atoms with Crippen LogP contribution in [0.2, 0.25) is 0 Å². The number of halogens is 1. The van der Waals surface area contributed by atoms with Gasteiger partial charge in [-0.2, -0.15) is 0 Å². The summed E-state index contributed by atoms with van der Waals surface area (Å²) < 4.78 is 11.4. The zero-order chi connectivity index (χ0) is 15.7. The molecule has 1 aromatic heterocycles. The van der Waals surface area contributed by atoms with Crippen molar-refractivity contribution in [3.63, 3.8) is 0 Å². The second-order valence-electron chi connectivity index (χ2n) is 4.69. The number of benzene rings is 2.